The first-order valence-electron chi connectivity index (χ1n) is 2.10. The number of nitrogens with zero attached hydrogens (tertiary/aromatic N) is 1. The van der Waals surface area contributed by atoms with E-state index in [-0.39, 0.29) is 0 Å². The molecule has 0 atom stereocenters. The van der Waals surface area contributed by atoms with Crippen molar-refractivity contribution < 1.29 is 16.4 Å². The molecule has 1 aromatic heterocycles. The Balaban J connectivity index is 2.76. The van der Waals surface area contributed by atoms with Gasteiger partial charge in [0, 0.05) is 0 Å². The van der Waals surface area contributed by atoms with Crippen LogP contribution in [0.2, 0.25) is 0 Å². The van der Waals surface area contributed by atoms with Crippen molar-refractivity contribution in [2.45, 2.75) is 0 Å². The molecule has 0 spiro atoms. The van der Waals surface area contributed by atoms with Gasteiger partial charge >= 0.3 is 53.9 Å². The van der Waals surface area contributed by atoms with Crippen LogP contribution in [0, 0.1) is 0 Å². The SMILES string of the molecule is [Cl][Zn][n]1cccc1. The first-order chi connectivity index (χ1) is 3.43. The van der Waals surface area contributed by atoms with Gasteiger partial charge in [0.2, 0.25) is 0 Å². The summed E-state index contributed by atoms with van der Waals surface area (Å²) in [6.45, 7) is 0. The van der Waals surface area contributed by atoms with Crippen molar-refractivity contribution in [3.05, 3.63) is 24.5 Å². The van der Waals surface area contributed by atoms with Gasteiger partial charge in [0.1, 0.15) is 0 Å². The Labute approximate surface area is 54.2 Å². The first-order valence-corrected chi connectivity index (χ1v) is 7.33. The van der Waals surface area contributed by atoms with Gasteiger partial charge in [-0.3, -0.25) is 0 Å². The van der Waals surface area contributed by atoms with Crippen LogP contribution in [0.15, 0.2) is 24.5 Å². The Bertz CT molecular complexity index is 126. The van der Waals surface area contributed by atoms with E-state index in [1.54, 1.807) is 0 Å². The zero-order chi connectivity index (χ0) is 5.11. The van der Waals surface area contributed by atoms with E-state index >= 15 is 0 Å². The van der Waals surface area contributed by atoms with Crippen molar-refractivity contribution >= 4 is 9.69 Å². The summed E-state index contributed by atoms with van der Waals surface area (Å²) in [5.74, 6) is 0. The maximum atomic E-state index is 5.62. The van der Waals surface area contributed by atoms with Gasteiger partial charge < -0.3 is 0 Å². The predicted octanol–water partition coefficient (Wildman–Crippen LogP) is 1.49. The topological polar surface area (TPSA) is 4.93 Å². The molecule has 1 aromatic rings. The van der Waals surface area contributed by atoms with Crippen LogP contribution >= 0.6 is 9.69 Å². The fourth-order valence-corrected chi connectivity index (χ4v) is 2.12. The molecule has 3 heteroatoms. The van der Waals surface area contributed by atoms with E-state index in [4.69, 9.17) is 9.69 Å². The van der Waals surface area contributed by atoms with Crippen LogP contribution in [0.25, 0.3) is 0 Å². The number of hydrogen-bond acceptors (Lipinski definition) is 0. The molecule has 0 bridgehead atoms. The van der Waals surface area contributed by atoms with Crippen LogP contribution in [0.5, 0.6) is 0 Å². The number of halogens is 1. The van der Waals surface area contributed by atoms with Gasteiger partial charge in [-0.25, -0.2) is 0 Å². The molecule has 0 saturated heterocycles. The molecule has 0 unspecified atom stereocenters. The quantitative estimate of drug-likeness (QED) is 0.558. The van der Waals surface area contributed by atoms with Crippen LogP contribution < -0.4 is 0 Å². The maximum absolute atomic E-state index is 5.62. The van der Waals surface area contributed by atoms with Gasteiger partial charge in [-0.2, -0.15) is 0 Å². The average molecular weight is 167 g/mol. The fourth-order valence-electron chi connectivity index (χ4n) is 0.450. The molecule has 0 aromatic carbocycles. The van der Waals surface area contributed by atoms with Gasteiger partial charge in [-0.05, 0) is 0 Å². The van der Waals surface area contributed by atoms with Gasteiger partial charge in [0.05, 0.1) is 0 Å². The van der Waals surface area contributed by atoms with Crippen molar-refractivity contribution in [2.75, 3.05) is 0 Å². The molecule has 0 saturated carbocycles. The monoisotopic (exact) mass is 165 g/mol. The molecule has 1 heterocycles. The molecule has 0 N–H and O–H groups in total. The molecule has 0 aliphatic heterocycles. The molecule has 34 valence electrons. The van der Waals surface area contributed by atoms with Crippen LogP contribution in [-0.2, 0) is 16.4 Å². The van der Waals surface area contributed by atoms with Crippen molar-refractivity contribution in [1.82, 2.24) is 3.31 Å². The zero-order valence-electron chi connectivity index (χ0n) is 3.84. The second-order valence-corrected chi connectivity index (χ2v) is 4.59. The Kier molecular flexibility index (Phi) is 1.90. The molecule has 0 fully saturated rings. The Morgan fingerprint density at radius 3 is 2.14 bits per heavy atom. The summed E-state index contributed by atoms with van der Waals surface area (Å²) >= 11 is -0.837. The van der Waals surface area contributed by atoms with Crippen LogP contribution in [0.3, 0.4) is 0 Å². The molecule has 1 nitrogen and oxygen atoms in total. The van der Waals surface area contributed by atoms with Crippen molar-refractivity contribution in [1.29, 1.82) is 0 Å². The third-order valence-electron chi connectivity index (χ3n) is 0.804. The van der Waals surface area contributed by atoms with Crippen LogP contribution in [-0.4, -0.2) is 3.31 Å². The van der Waals surface area contributed by atoms with E-state index in [9.17, 15) is 0 Å². The minimum atomic E-state index is -0.837. The summed E-state index contributed by atoms with van der Waals surface area (Å²) in [5, 5.41) is 0. The molecule has 7 heavy (non-hydrogen) atoms. The van der Waals surface area contributed by atoms with Gasteiger partial charge in [0.15, 0.2) is 0 Å². The Morgan fingerprint density at radius 2 is 1.86 bits per heavy atom. The van der Waals surface area contributed by atoms with E-state index in [1.807, 2.05) is 24.5 Å². The summed E-state index contributed by atoms with van der Waals surface area (Å²) in [5.41, 5.74) is 0. The molecule has 0 amide bonds. The van der Waals surface area contributed by atoms with Crippen LogP contribution in [0.4, 0.5) is 0 Å². The third kappa shape index (κ3) is 1.29. The van der Waals surface area contributed by atoms with E-state index in [2.05, 4.69) is 3.31 Å². The summed E-state index contributed by atoms with van der Waals surface area (Å²) in [6.07, 6.45) is 4.01. The standard InChI is InChI=1S/C4H4N.ClH.Zn/c1-2-4-5-3-1;;/h1-4H;1H;/q-1;;+2/p-1. The van der Waals surface area contributed by atoms with Gasteiger partial charge in [-0.15, -0.1) is 0 Å². The molecule has 0 aliphatic rings. The Morgan fingerprint density at radius 1 is 1.29 bits per heavy atom. The zero-order valence-corrected chi connectivity index (χ0v) is 7.56. The summed E-state index contributed by atoms with van der Waals surface area (Å²) in [4.78, 5) is 0. The molecule has 1 rings (SSSR count). The Hall–Kier alpha value is 0.193. The fraction of sp³-hybridized carbons (Fsp3) is 0. The van der Waals surface area contributed by atoms with Gasteiger partial charge in [0.25, 0.3) is 0 Å². The van der Waals surface area contributed by atoms with Crippen molar-refractivity contribution in [3.63, 3.8) is 0 Å². The third-order valence-corrected chi connectivity index (χ3v) is 3.70. The molecule has 0 radical (unpaired) electrons. The summed E-state index contributed by atoms with van der Waals surface area (Å²) in [6, 6.07) is 3.99. The summed E-state index contributed by atoms with van der Waals surface area (Å²) < 4.78 is 2.08. The number of aromatic nitrogens is 1. The van der Waals surface area contributed by atoms with E-state index < -0.39 is 16.4 Å². The molecule has 0 aliphatic carbocycles. The second kappa shape index (κ2) is 2.49. The number of rotatable bonds is 1. The van der Waals surface area contributed by atoms with Crippen molar-refractivity contribution in [3.8, 4) is 0 Å². The number of hydrogen-bond donors (Lipinski definition) is 0. The van der Waals surface area contributed by atoms with Crippen molar-refractivity contribution in [2.24, 2.45) is 0 Å². The van der Waals surface area contributed by atoms with E-state index in [0.717, 1.165) is 0 Å². The predicted molar refractivity (Wildman–Crippen MR) is 25.7 cm³/mol. The average Bonchev–Trinajstić information content (AvgIpc) is 2.14. The normalized spacial score (nSPS) is 8.14. The minimum absolute atomic E-state index is 0.837. The van der Waals surface area contributed by atoms with Gasteiger partial charge in [-0.1, -0.05) is 0 Å². The first kappa shape index (κ1) is 5.33. The summed E-state index contributed by atoms with van der Waals surface area (Å²) in [7, 11) is 5.62. The second-order valence-electron chi connectivity index (χ2n) is 1.32. The van der Waals surface area contributed by atoms with E-state index in [0.29, 0.717) is 0 Å². The van der Waals surface area contributed by atoms with Crippen LogP contribution in [0.1, 0.15) is 0 Å². The van der Waals surface area contributed by atoms with E-state index in [1.165, 1.54) is 0 Å². The molecular weight excluding hydrogens is 163 g/mol. The molecular formula is C4H4ClNZn.